The lowest BCUT2D eigenvalue weighted by Crippen LogP contribution is -2.33. The van der Waals surface area contributed by atoms with E-state index >= 15 is 0 Å². The van der Waals surface area contributed by atoms with Crippen LogP contribution in [0.15, 0.2) is 48.5 Å². The molecule has 25 heavy (non-hydrogen) atoms. The average Bonchev–Trinajstić information content (AvgIpc) is 2.86. The Morgan fingerprint density at radius 1 is 1.12 bits per heavy atom. The Balaban J connectivity index is 1.55. The van der Waals surface area contributed by atoms with Gasteiger partial charge in [-0.25, -0.2) is 0 Å². The number of benzene rings is 2. The summed E-state index contributed by atoms with van der Waals surface area (Å²) in [7, 11) is 0. The van der Waals surface area contributed by atoms with Crippen LogP contribution in [0.25, 0.3) is 0 Å². The van der Waals surface area contributed by atoms with Crippen molar-refractivity contribution in [2.75, 3.05) is 18.8 Å². The standard InChI is InChI=1S/C20H21Cl2NOS/c21-16-5-3-4-15(14-16)8-9-20(24)23-11-10-19(25-13-12-23)17-6-1-2-7-18(17)22/h1-7,14,19H,8-13H2. The fourth-order valence-corrected chi connectivity index (χ4v) is 4.92. The first-order valence-corrected chi connectivity index (χ1v) is 10.3. The number of hydrogen-bond donors (Lipinski definition) is 0. The molecule has 2 nitrogen and oxygen atoms in total. The molecule has 1 amide bonds. The number of amides is 1. The molecule has 0 aromatic heterocycles. The van der Waals surface area contributed by atoms with Gasteiger partial charge < -0.3 is 4.90 Å². The van der Waals surface area contributed by atoms with Crippen molar-refractivity contribution in [2.24, 2.45) is 0 Å². The van der Waals surface area contributed by atoms with Crippen LogP contribution in [0.1, 0.15) is 29.2 Å². The van der Waals surface area contributed by atoms with Crippen molar-refractivity contribution in [2.45, 2.75) is 24.5 Å². The van der Waals surface area contributed by atoms with Crippen LogP contribution in [0.3, 0.4) is 0 Å². The second-order valence-corrected chi connectivity index (χ2v) is 8.33. The van der Waals surface area contributed by atoms with Gasteiger partial charge in [-0.1, -0.05) is 53.5 Å². The minimum absolute atomic E-state index is 0.223. The van der Waals surface area contributed by atoms with Crippen LogP contribution in [0.4, 0.5) is 0 Å². The molecule has 132 valence electrons. The molecule has 5 heteroatoms. The number of hydrogen-bond acceptors (Lipinski definition) is 2. The number of thioether (sulfide) groups is 1. The Kier molecular flexibility index (Phi) is 6.69. The third-order valence-electron chi connectivity index (χ3n) is 4.46. The molecule has 0 spiro atoms. The lowest BCUT2D eigenvalue weighted by Gasteiger charge is -2.20. The van der Waals surface area contributed by atoms with E-state index in [9.17, 15) is 4.79 Å². The Bertz CT molecular complexity index is 737. The van der Waals surface area contributed by atoms with Gasteiger partial charge in [0.2, 0.25) is 5.91 Å². The molecule has 1 heterocycles. The second kappa shape index (κ2) is 8.98. The number of aryl methyl sites for hydroxylation is 1. The Morgan fingerprint density at radius 2 is 1.96 bits per heavy atom. The fourth-order valence-electron chi connectivity index (χ4n) is 3.11. The summed E-state index contributed by atoms with van der Waals surface area (Å²) in [5.41, 5.74) is 2.29. The number of carbonyl (C=O) groups excluding carboxylic acids is 1. The second-order valence-electron chi connectivity index (χ2n) is 6.18. The molecule has 1 fully saturated rings. The molecule has 1 unspecified atom stereocenters. The number of halogens is 2. The molecule has 0 radical (unpaired) electrons. The van der Waals surface area contributed by atoms with Gasteiger partial charge in [-0.3, -0.25) is 4.79 Å². The summed E-state index contributed by atoms with van der Waals surface area (Å²) in [6, 6.07) is 15.8. The maximum Gasteiger partial charge on any atom is 0.222 e. The quantitative estimate of drug-likeness (QED) is 0.670. The van der Waals surface area contributed by atoms with Gasteiger partial charge in [0.15, 0.2) is 0 Å². The highest BCUT2D eigenvalue weighted by atomic mass is 35.5. The van der Waals surface area contributed by atoms with Gasteiger partial charge in [-0.2, -0.15) is 11.8 Å². The van der Waals surface area contributed by atoms with E-state index in [-0.39, 0.29) is 5.91 Å². The molecule has 0 bridgehead atoms. The predicted molar refractivity (Wildman–Crippen MR) is 108 cm³/mol. The first kappa shape index (κ1) is 18.6. The van der Waals surface area contributed by atoms with Crippen molar-refractivity contribution in [3.63, 3.8) is 0 Å². The SMILES string of the molecule is O=C(CCc1cccc(Cl)c1)N1CCSC(c2ccccc2Cl)CC1. The van der Waals surface area contributed by atoms with Gasteiger partial charge >= 0.3 is 0 Å². The van der Waals surface area contributed by atoms with E-state index in [1.807, 2.05) is 59.1 Å². The zero-order valence-electron chi connectivity index (χ0n) is 14.0. The predicted octanol–water partition coefficient (Wildman–Crippen LogP) is 5.63. The third kappa shape index (κ3) is 5.16. The van der Waals surface area contributed by atoms with Gasteiger partial charge in [-0.05, 0) is 42.2 Å². The Hall–Kier alpha value is -1.16. The highest BCUT2D eigenvalue weighted by Gasteiger charge is 2.23. The number of carbonyl (C=O) groups is 1. The molecule has 1 saturated heterocycles. The van der Waals surface area contributed by atoms with Crippen molar-refractivity contribution in [1.82, 2.24) is 4.90 Å². The largest absolute Gasteiger partial charge is 0.342 e. The van der Waals surface area contributed by atoms with E-state index in [2.05, 4.69) is 6.07 Å². The van der Waals surface area contributed by atoms with E-state index < -0.39 is 0 Å². The van der Waals surface area contributed by atoms with Gasteiger partial charge in [0.05, 0.1) is 0 Å². The minimum atomic E-state index is 0.223. The van der Waals surface area contributed by atoms with Crippen LogP contribution in [0.5, 0.6) is 0 Å². The van der Waals surface area contributed by atoms with Crippen LogP contribution in [0, 0.1) is 0 Å². The van der Waals surface area contributed by atoms with E-state index in [1.165, 1.54) is 5.56 Å². The molecule has 3 rings (SSSR count). The lowest BCUT2D eigenvalue weighted by molar-refractivity contribution is -0.130. The molecule has 1 aliphatic rings. The molecule has 1 aliphatic heterocycles. The summed E-state index contributed by atoms with van der Waals surface area (Å²) < 4.78 is 0. The van der Waals surface area contributed by atoms with Crippen LogP contribution in [0.2, 0.25) is 10.0 Å². The summed E-state index contributed by atoms with van der Waals surface area (Å²) >= 11 is 14.2. The molecular formula is C20H21Cl2NOS. The highest BCUT2D eigenvalue weighted by Crippen LogP contribution is 2.37. The fraction of sp³-hybridized carbons (Fsp3) is 0.350. The average molecular weight is 394 g/mol. The maximum atomic E-state index is 12.6. The van der Waals surface area contributed by atoms with Crippen LogP contribution in [-0.2, 0) is 11.2 Å². The molecule has 2 aromatic rings. The molecule has 2 aromatic carbocycles. The minimum Gasteiger partial charge on any atom is -0.342 e. The normalized spacial score (nSPS) is 18.0. The molecular weight excluding hydrogens is 373 g/mol. The summed E-state index contributed by atoms with van der Waals surface area (Å²) in [4.78, 5) is 14.6. The topological polar surface area (TPSA) is 20.3 Å². The smallest absolute Gasteiger partial charge is 0.222 e. The monoisotopic (exact) mass is 393 g/mol. The summed E-state index contributed by atoms with van der Waals surface area (Å²) in [6.45, 7) is 1.59. The molecule has 0 N–H and O–H groups in total. The molecule has 0 saturated carbocycles. The van der Waals surface area contributed by atoms with Gasteiger partial charge in [0, 0.05) is 40.6 Å². The Morgan fingerprint density at radius 3 is 2.76 bits per heavy atom. The lowest BCUT2D eigenvalue weighted by atomic mass is 10.1. The number of nitrogens with zero attached hydrogens (tertiary/aromatic N) is 1. The van der Waals surface area contributed by atoms with Crippen LogP contribution in [-0.4, -0.2) is 29.6 Å². The molecule has 1 atom stereocenters. The number of rotatable bonds is 4. The summed E-state index contributed by atoms with van der Waals surface area (Å²) in [5, 5.41) is 1.90. The van der Waals surface area contributed by atoms with E-state index in [0.717, 1.165) is 47.3 Å². The van der Waals surface area contributed by atoms with Gasteiger partial charge in [-0.15, -0.1) is 0 Å². The Labute approximate surface area is 163 Å². The van der Waals surface area contributed by atoms with Crippen LogP contribution >= 0.6 is 35.0 Å². The van der Waals surface area contributed by atoms with Gasteiger partial charge in [0.25, 0.3) is 0 Å². The van der Waals surface area contributed by atoms with Crippen molar-refractivity contribution in [1.29, 1.82) is 0 Å². The first-order chi connectivity index (χ1) is 12.1. The zero-order valence-corrected chi connectivity index (χ0v) is 16.3. The molecule has 0 aliphatic carbocycles. The van der Waals surface area contributed by atoms with Crippen molar-refractivity contribution >= 4 is 40.9 Å². The summed E-state index contributed by atoms with van der Waals surface area (Å²) in [5.74, 6) is 1.17. The van der Waals surface area contributed by atoms with Crippen molar-refractivity contribution < 1.29 is 4.79 Å². The zero-order chi connectivity index (χ0) is 17.6. The van der Waals surface area contributed by atoms with E-state index in [0.29, 0.717) is 11.7 Å². The van der Waals surface area contributed by atoms with Crippen LogP contribution < -0.4 is 0 Å². The van der Waals surface area contributed by atoms with Crippen molar-refractivity contribution in [3.05, 3.63) is 69.7 Å². The third-order valence-corrected chi connectivity index (χ3v) is 6.35. The summed E-state index contributed by atoms with van der Waals surface area (Å²) in [6.07, 6.45) is 2.20. The van der Waals surface area contributed by atoms with Crippen molar-refractivity contribution in [3.8, 4) is 0 Å². The first-order valence-electron chi connectivity index (χ1n) is 8.52. The maximum absolute atomic E-state index is 12.6. The van der Waals surface area contributed by atoms with E-state index in [1.54, 1.807) is 0 Å². The van der Waals surface area contributed by atoms with Gasteiger partial charge in [0.1, 0.15) is 0 Å². The van der Waals surface area contributed by atoms with E-state index in [4.69, 9.17) is 23.2 Å². The highest BCUT2D eigenvalue weighted by molar-refractivity contribution is 7.99.